The van der Waals surface area contributed by atoms with Crippen molar-refractivity contribution < 1.29 is 18.9 Å². The Morgan fingerprint density at radius 3 is 2.58 bits per heavy atom. The van der Waals surface area contributed by atoms with Crippen LogP contribution in [0.4, 0.5) is 5.69 Å². The summed E-state index contributed by atoms with van der Waals surface area (Å²) in [4.78, 5) is 4.20. The van der Waals surface area contributed by atoms with E-state index >= 15 is 0 Å². The molecule has 1 aromatic rings. The van der Waals surface area contributed by atoms with Gasteiger partial charge in [-0.25, -0.2) is 0 Å². The minimum absolute atomic E-state index is 0.0161. The standard InChI is InChI=1S/C13H22N2O4/c1-10(2)19-13-11(14)4-5-12(15-13)18-9-8-17-7-6-16-3/h4-5,10H,6-9,14H2,1-3H3. The van der Waals surface area contributed by atoms with Crippen LogP contribution in [0.15, 0.2) is 12.1 Å². The maximum atomic E-state index is 5.77. The Hall–Kier alpha value is -1.53. The second-order valence-electron chi connectivity index (χ2n) is 4.16. The molecule has 1 heterocycles. The Kier molecular flexibility index (Phi) is 6.99. The Morgan fingerprint density at radius 1 is 1.16 bits per heavy atom. The van der Waals surface area contributed by atoms with E-state index in [2.05, 4.69) is 4.98 Å². The van der Waals surface area contributed by atoms with Crippen molar-refractivity contribution in [3.8, 4) is 11.8 Å². The summed E-state index contributed by atoms with van der Waals surface area (Å²) in [6.07, 6.45) is 0.0161. The third-order valence-electron chi connectivity index (χ3n) is 2.12. The summed E-state index contributed by atoms with van der Waals surface area (Å²) >= 11 is 0. The first-order chi connectivity index (χ1) is 9.13. The van der Waals surface area contributed by atoms with Crippen LogP contribution >= 0.6 is 0 Å². The van der Waals surface area contributed by atoms with E-state index in [4.69, 9.17) is 24.7 Å². The van der Waals surface area contributed by atoms with Crippen LogP contribution in [-0.2, 0) is 9.47 Å². The average molecular weight is 270 g/mol. The fourth-order valence-corrected chi connectivity index (χ4v) is 1.28. The molecule has 0 amide bonds. The van der Waals surface area contributed by atoms with Gasteiger partial charge in [0.1, 0.15) is 6.61 Å². The molecule has 0 radical (unpaired) electrons. The molecule has 0 atom stereocenters. The molecule has 0 aliphatic carbocycles. The number of anilines is 1. The molecular formula is C13H22N2O4. The average Bonchev–Trinajstić information content (AvgIpc) is 2.37. The summed E-state index contributed by atoms with van der Waals surface area (Å²) in [5.41, 5.74) is 6.26. The third-order valence-corrected chi connectivity index (χ3v) is 2.12. The number of nitrogens with two attached hydrogens (primary N) is 1. The first-order valence-electron chi connectivity index (χ1n) is 6.26. The minimum Gasteiger partial charge on any atom is -0.475 e. The maximum Gasteiger partial charge on any atom is 0.240 e. The zero-order chi connectivity index (χ0) is 14.1. The Balaban J connectivity index is 2.37. The summed E-state index contributed by atoms with van der Waals surface area (Å²) in [6.45, 7) is 5.86. The van der Waals surface area contributed by atoms with Gasteiger partial charge in [-0.1, -0.05) is 0 Å². The summed E-state index contributed by atoms with van der Waals surface area (Å²) in [7, 11) is 1.63. The molecule has 0 unspecified atom stereocenters. The first kappa shape index (κ1) is 15.5. The van der Waals surface area contributed by atoms with Crippen LogP contribution in [-0.4, -0.2) is 44.6 Å². The van der Waals surface area contributed by atoms with Crippen molar-refractivity contribution in [1.29, 1.82) is 0 Å². The van der Waals surface area contributed by atoms with Gasteiger partial charge in [-0.3, -0.25) is 0 Å². The van der Waals surface area contributed by atoms with Gasteiger partial charge in [0.25, 0.3) is 0 Å². The lowest BCUT2D eigenvalue weighted by molar-refractivity contribution is 0.0535. The molecule has 0 spiro atoms. The van der Waals surface area contributed by atoms with Crippen molar-refractivity contribution in [2.24, 2.45) is 0 Å². The van der Waals surface area contributed by atoms with Crippen molar-refractivity contribution in [1.82, 2.24) is 4.98 Å². The molecule has 2 N–H and O–H groups in total. The number of hydrogen-bond donors (Lipinski definition) is 1. The molecule has 0 saturated carbocycles. The number of nitrogen functional groups attached to an aromatic ring is 1. The van der Waals surface area contributed by atoms with Crippen molar-refractivity contribution in [3.05, 3.63) is 12.1 Å². The number of rotatable bonds is 9. The van der Waals surface area contributed by atoms with Crippen LogP contribution in [0.3, 0.4) is 0 Å². The molecule has 1 aromatic heterocycles. The Bertz CT molecular complexity index is 372. The molecule has 0 saturated heterocycles. The van der Waals surface area contributed by atoms with Crippen LogP contribution in [0.1, 0.15) is 13.8 Å². The third kappa shape index (κ3) is 6.26. The van der Waals surface area contributed by atoms with Gasteiger partial charge in [0.15, 0.2) is 0 Å². The van der Waals surface area contributed by atoms with E-state index in [1.54, 1.807) is 19.2 Å². The number of ether oxygens (including phenoxy) is 4. The zero-order valence-electron chi connectivity index (χ0n) is 11.7. The lowest BCUT2D eigenvalue weighted by Gasteiger charge is -2.12. The van der Waals surface area contributed by atoms with E-state index < -0.39 is 0 Å². The normalized spacial score (nSPS) is 10.7. The van der Waals surface area contributed by atoms with Gasteiger partial charge in [-0.15, -0.1) is 0 Å². The zero-order valence-corrected chi connectivity index (χ0v) is 11.7. The molecule has 6 nitrogen and oxygen atoms in total. The van der Waals surface area contributed by atoms with E-state index in [-0.39, 0.29) is 6.10 Å². The predicted octanol–water partition coefficient (Wildman–Crippen LogP) is 1.49. The number of hydrogen-bond acceptors (Lipinski definition) is 6. The van der Waals surface area contributed by atoms with Gasteiger partial charge < -0.3 is 24.7 Å². The number of pyridine rings is 1. The van der Waals surface area contributed by atoms with Crippen LogP contribution < -0.4 is 15.2 Å². The lowest BCUT2D eigenvalue weighted by Crippen LogP contribution is -2.12. The van der Waals surface area contributed by atoms with Crippen molar-refractivity contribution in [3.63, 3.8) is 0 Å². The molecule has 0 aliphatic rings. The maximum absolute atomic E-state index is 5.77. The molecular weight excluding hydrogens is 248 g/mol. The summed E-state index contributed by atoms with van der Waals surface area (Å²) < 4.78 is 21.1. The highest BCUT2D eigenvalue weighted by Gasteiger charge is 2.07. The monoisotopic (exact) mass is 270 g/mol. The van der Waals surface area contributed by atoms with Crippen molar-refractivity contribution in [2.45, 2.75) is 20.0 Å². The minimum atomic E-state index is 0.0161. The Morgan fingerprint density at radius 2 is 1.89 bits per heavy atom. The fourth-order valence-electron chi connectivity index (χ4n) is 1.28. The summed E-state index contributed by atoms with van der Waals surface area (Å²) in [6, 6.07) is 3.42. The highest BCUT2D eigenvalue weighted by Crippen LogP contribution is 2.22. The van der Waals surface area contributed by atoms with Crippen LogP contribution in [0.2, 0.25) is 0 Å². The quantitative estimate of drug-likeness (QED) is 0.685. The van der Waals surface area contributed by atoms with Gasteiger partial charge in [0.05, 0.1) is 31.6 Å². The highest BCUT2D eigenvalue weighted by molar-refractivity contribution is 5.49. The number of nitrogens with zero attached hydrogens (tertiary/aromatic N) is 1. The summed E-state index contributed by atoms with van der Waals surface area (Å²) in [5.74, 6) is 0.869. The van der Waals surface area contributed by atoms with Crippen molar-refractivity contribution in [2.75, 3.05) is 39.3 Å². The molecule has 6 heteroatoms. The molecule has 0 fully saturated rings. The second-order valence-corrected chi connectivity index (χ2v) is 4.16. The van der Waals surface area contributed by atoms with Crippen LogP contribution in [0, 0.1) is 0 Å². The molecule has 0 bridgehead atoms. The molecule has 0 aliphatic heterocycles. The predicted molar refractivity (Wildman–Crippen MR) is 72.6 cm³/mol. The van der Waals surface area contributed by atoms with Gasteiger partial charge >= 0.3 is 0 Å². The molecule has 19 heavy (non-hydrogen) atoms. The van der Waals surface area contributed by atoms with E-state index in [1.165, 1.54) is 0 Å². The number of aromatic nitrogens is 1. The summed E-state index contributed by atoms with van der Waals surface area (Å²) in [5, 5.41) is 0. The van der Waals surface area contributed by atoms with Gasteiger partial charge in [-0.05, 0) is 19.9 Å². The molecule has 108 valence electrons. The Labute approximate surface area is 113 Å². The van der Waals surface area contributed by atoms with E-state index in [0.717, 1.165) is 0 Å². The smallest absolute Gasteiger partial charge is 0.240 e. The second kappa shape index (κ2) is 8.55. The SMILES string of the molecule is COCCOCCOc1ccc(N)c(OC(C)C)n1. The topological polar surface area (TPSA) is 75.8 Å². The van der Waals surface area contributed by atoms with Crippen LogP contribution in [0.5, 0.6) is 11.8 Å². The number of methoxy groups -OCH3 is 1. The molecule has 1 rings (SSSR count). The highest BCUT2D eigenvalue weighted by atomic mass is 16.5. The van der Waals surface area contributed by atoms with Crippen LogP contribution in [0.25, 0.3) is 0 Å². The van der Waals surface area contributed by atoms with E-state index in [0.29, 0.717) is 43.9 Å². The van der Waals surface area contributed by atoms with Crippen molar-refractivity contribution >= 4 is 5.69 Å². The largest absolute Gasteiger partial charge is 0.475 e. The van der Waals surface area contributed by atoms with Gasteiger partial charge in [-0.2, -0.15) is 4.98 Å². The van der Waals surface area contributed by atoms with Gasteiger partial charge in [0.2, 0.25) is 11.8 Å². The first-order valence-corrected chi connectivity index (χ1v) is 6.26. The van der Waals surface area contributed by atoms with Gasteiger partial charge in [0, 0.05) is 13.2 Å². The lowest BCUT2D eigenvalue weighted by atomic mass is 10.4. The fraction of sp³-hybridized carbons (Fsp3) is 0.615. The van der Waals surface area contributed by atoms with E-state index in [9.17, 15) is 0 Å². The van der Waals surface area contributed by atoms with E-state index in [1.807, 2.05) is 13.8 Å². The molecule has 0 aromatic carbocycles.